The standard InChI is InChI=1S/C23H32N4O2.HI/c1-3-24-23(26(2)13-18-29-21-10-5-4-6-11-21)25-19-20-9-7-8-12-22(20)27-14-16-28-17-15-27;/h4-12H,3,13-19H2,1-2H3,(H,24,25);1H. The van der Waals surface area contributed by atoms with Gasteiger partial charge in [0, 0.05) is 32.4 Å². The number of morpholine rings is 1. The summed E-state index contributed by atoms with van der Waals surface area (Å²) in [7, 11) is 2.05. The first kappa shape index (κ1) is 24.3. The Morgan fingerprint density at radius 1 is 1.10 bits per heavy atom. The Bertz CT molecular complexity index is 767. The van der Waals surface area contributed by atoms with Crippen molar-refractivity contribution < 1.29 is 9.47 Å². The van der Waals surface area contributed by atoms with Crippen LogP contribution >= 0.6 is 24.0 Å². The lowest BCUT2D eigenvalue weighted by atomic mass is 10.1. The number of nitrogens with zero attached hydrogens (tertiary/aromatic N) is 3. The fraction of sp³-hybridized carbons (Fsp3) is 0.435. The first-order valence-electron chi connectivity index (χ1n) is 10.4. The molecular weight excluding hydrogens is 491 g/mol. The second-order valence-electron chi connectivity index (χ2n) is 6.98. The molecule has 2 aromatic carbocycles. The van der Waals surface area contributed by atoms with E-state index in [4.69, 9.17) is 14.5 Å². The van der Waals surface area contributed by atoms with Crippen LogP contribution in [0.15, 0.2) is 59.6 Å². The van der Waals surface area contributed by atoms with Crippen LogP contribution in [0.5, 0.6) is 5.75 Å². The molecular formula is C23H33IN4O2. The molecule has 1 heterocycles. The van der Waals surface area contributed by atoms with E-state index in [2.05, 4.69) is 46.3 Å². The van der Waals surface area contributed by atoms with Crippen molar-refractivity contribution in [2.24, 2.45) is 4.99 Å². The number of anilines is 1. The maximum Gasteiger partial charge on any atom is 0.194 e. The van der Waals surface area contributed by atoms with Gasteiger partial charge in [0.2, 0.25) is 0 Å². The van der Waals surface area contributed by atoms with Gasteiger partial charge >= 0.3 is 0 Å². The van der Waals surface area contributed by atoms with Crippen LogP contribution in [0, 0.1) is 0 Å². The van der Waals surface area contributed by atoms with Gasteiger partial charge < -0.3 is 24.6 Å². The molecule has 164 valence electrons. The minimum absolute atomic E-state index is 0. The van der Waals surface area contributed by atoms with Crippen LogP contribution in [-0.2, 0) is 11.3 Å². The van der Waals surface area contributed by atoms with E-state index in [0.717, 1.165) is 51.1 Å². The van der Waals surface area contributed by atoms with Gasteiger partial charge in [0.05, 0.1) is 26.3 Å². The molecule has 0 aromatic heterocycles. The molecule has 6 nitrogen and oxygen atoms in total. The molecule has 0 unspecified atom stereocenters. The number of likely N-dealkylation sites (N-methyl/N-ethyl adjacent to an activating group) is 1. The average molecular weight is 524 g/mol. The maximum atomic E-state index is 5.82. The predicted octanol–water partition coefficient (Wildman–Crippen LogP) is 3.62. The van der Waals surface area contributed by atoms with Crippen molar-refractivity contribution in [3.05, 3.63) is 60.2 Å². The summed E-state index contributed by atoms with van der Waals surface area (Å²) in [5.41, 5.74) is 2.49. The number of ether oxygens (including phenoxy) is 2. The zero-order chi connectivity index (χ0) is 20.3. The van der Waals surface area contributed by atoms with Gasteiger partial charge in [0.15, 0.2) is 5.96 Å². The van der Waals surface area contributed by atoms with Crippen molar-refractivity contribution in [1.29, 1.82) is 0 Å². The zero-order valence-electron chi connectivity index (χ0n) is 17.9. The highest BCUT2D eigenvalue weighted by atomic mass is 127. The van der Waals surface area contributed by atoms with Crippen LogP contribution in [0.3, 0.4) is 0 Å². The quantitative estimate of drug-likeness (QED) is 0.325. The van der Waals surface area contributed by atoms with E-state index in [-0.39, 0.29) is 24.0 Å². The molecule has 1 saturated heterocycles. The largest absolute Gasteiger partial charge is 0.492 e. The van der Waals surface area contributed by atoms with Gasteiger partial charge in [-0.05, 0) is 30.7 Å². The van der Waals surface area contributed by atoms with Crippen molar-refractivity contribution in [2.75, 3.05) is 57.9 Å². The lowest BCUT2D eigenvalue weighted by Gasteiger charge is -2.30. The van der Waals surface area contributed by atoms with Gasteiger partial charge in [-0.15, -0.1) is 24.0 Å². The molecule has 0 aliphatic carbocycles. The lowest BCUT2D eigenvalue weighted by Crippen LogP contribution is -2.41. The highest BCUT2D eigenvalue weighted by Gasteiger charge is 2.14. The third-order valence-electron chi connectivity index (χ3n) is 4.88. The Labute approximate surface area is 197 Å². The molecule has 30 heavy (non-hydrogen) atoms. The van der Waals surface area contributed by atoms with E-state index in [0.29, 0.717) is 13.2 Å². The minimum atomic E-state index is 0. The average Bonchev–Trinajstić information content (AvgIpc) is 2.78. The molecule has 0 bridgehead atoms. The van der Waals surface area contributed by atoms with Gasteiger partial charge in [0.25, 0.3) is 0 Å². The molecule has 1 fully saturated rings. The molecule has 1 aliphatic rings. The molecule has 0 amide bonds. The van der Waals surface area contributed by atoms with Crippen LogP contribution in [-0.4, -0.2) is 63.9 Å². The highest BCUT2D eigenvalue weighted by Crippen LogP contribution is 2.22. The van der Waals surface area contributed by atoms with Crippen LogP contribution in [0.4, 0.5) is 5.69 Å². The zero-order valence-corrected chi connectivity index (χ0v) is 20.2. The van der Waals surface area contributed by atoms with Crippen LogP contribution in [0.2, 0.25) is 0 Å². The fourth-order valence-electron chi connectivity index (χ4n) is 3.31. The van der Waals surface area contributed by atoms with Crippen molar-refractivity contribution in [1.82, 2.24) is 10.2 Å². The van der Waals surface area contributed by atoms with Crippen LogP contribution < -0.4 is 15.0 Å². The molecule has 0 saturated carbocycles. The first-order chi connectivity index (χ1) is 14.3. The van der Waals surface area contributed by atoms with E-state index in [1.165, 1.54) is 11.3 Å². The predicted molar refractivity (Wildman–Crippen MR) is 134 cm³/mol. The van der Waals surface area contributed by atoms with E-state index in [1.807, 2.05) is 37.4 Å². The number of benzene rings is 2. The van der Waals surface area contributed by atoms with Gasteiger partial charge in [-0.3, -0.25) is 0 Å². The number of nitrogens with one attached hydrogen (secondary N) is 1. The van der Waals surface area contributed by atoms with Crippen molar-refractivity contribution in [3.8, 4) is 5.75 Å². The molecule has 2 aromatic rings. The Morgan fingerprint density at radius 3 is 2.53 bits per heavy atom. The molecule has 1 aliphatic heterocycles. The normalized spacial score (nSPS) is 14.1. The topological polar surface area (TPSA) is 49.3 Å². The SMILES string of the molecule is CCNC(=NCc1ccccc1N1CCOCC1)N(C)CCOc1ccccc1.I. The Balaban J connectivity index is 0.00000320. The smallest absolute Gasteiger partial charge is 0.194 e. The summed E-state index contributed by atoms with van der Waals surface area (Å²) in [5.74, 6) is 1.78. The van der Waals surface area contributed by atoms with Gasteiger partial charge in [-0.25, -0.2) is 4.99 Å². The van der Waals surface area contributed by atoms with Gasteiger partial charge in [0.1, 0.15) is 12.4 Å². The number of rotatable bonds is 8. The summed E-state index contributed by atoms with van der Waals surface area (Å²) in [4.78, 5) is 9.39. The Morgan fingerprint density at radius 2 is 1.80 bits per heavy atom. The molecule has 3 rings (SSSR count). The summed E-state index contributed by atoms with van der Waals surface area (Å²) < 4.78 is 11.3. The number of guanidine groups is 1. The summed E-state index contributed by atoms with van der Waals surface area (Å²) >= 11 is 0. The van der Waals surface area contributed by atoms with Crippen molar-refractivity contribution in [2.45, 2.75) is 13.5 Å². The maximum absolute atomic E-state index is 5.82. The minimum Gasteiger partial charge on any atom is -0.492 e. The summed E-state index contributed by atoms with van der Waals surface area (Å²) in [6.07, 6.45) is 0. The molecule has 1 N–H and O–H groups in total. The molecule has 0 radical (unpaired) electrons. The lowest BCUT2D eigenvalue weighted by molar-refractivity contribution is 0.122. The summed E-state index contributed by atoms with van der Waals surface area (Å²) in [6.45, 7) is 8.34. The van der Waals surface area contributed by atoms with Gasteiger partial charge in [-0.1, -0.05) is 36.4 Å². The molecule has 0 spiro atoms. The van der Waals surface area contributed by atoms with E-state index >= 15 is 0 Å². The van der Waals surface area contributed by atoms with E-state index < -0.39 is 0 Å². The molecule has 0 atom stereocenters. The van der Waals surface area contributed by atoms with Crippen LogP contribution in [0.25, 0.3) is 0 Å². The summed E-state index contributed by atoms with van der Waals surface area (Å²) in [5, 5.41) is 3.39. The first-order valence-corrected chi connectivity index (χ1v) is 10.4. The monoisotopic (exact) mass is 524 g/mol. The number of hydrogen-bond donors (Lipinski definition) is 1. The second kappa shape index (κ2) is 13.3. The Hall–Kier alpha value is -2.00. The summed E-state index contributed by atoms with van der Waals surface area (Å²) in [6, 6.07) is 18.4. The molecule has 7 heteroatoms. The number of para-hydroxylation sites is 2. The third kappa shape index (κ3) is 7.36. The van der Waals surface area contributed by atoms with E-state index in [1.54, 1.807) is 0 Å². The fourth-order valence-corrected chi connectivity index (χ4v) is 3.31. The van der Waals surface area contributed by atoms with Crippen LogP contribution in [0.1, 0.15) is 12.5 Å². The third-order valence-corrected chi connectivity index (χ3v) is 4.88. The number of hydrogen-bond acceptors (Lipinski definition) is 4. The Kier molecular flexibility index (Phi) is 10.8. The van der Waals surface area contributed by atoms with E-state index in [9.17, 15) is 0 Å². The van der Waals surface area contributed by atoms with Crippen molar-refractivity contribution >= 4 is 35.6 Å². The second-order valence-corrected chi connectivity index (χ2v) is 6.98. The number of halogens is 1. The van der Waals surface area contributed by atoms with Gasteiger partial charge in [-0.2, -0.15) is 0 Å². The number of aliphatic imine (C=N–C) groups is 1. The highest BCUT2D eigenvalue weighted by molar-refractivity contribution is 14.0. The van der Waals surface area contributed by atoms with Crippen molar-refractivity contribution in [3.63, 3.8) is 0 Å².